The second-order valence-corrected chi connectivity index (χ2v) is 9.06. The van der Waals surface area contributed by atoms with Crippen LogP contribution in [0.1, 0.15) is 30.3 Å². The van der Waals surface area contributed by atoms with Crippen LogP contribution < -0.4 is 9.64 Å². The summed E-state index contributed by atoms with van der Waals surface area (Å²) in [6.45, 7) is 4.71. The highest BCUT2D eigenvalue weighted by Crippen LogP contribution is 2.39. The van der Waals surface area contributed by atoms with E-state index in [-0.39, 0.29) is 0 Å². The molecule has 30 heavy (non-hydrogen) atoms. The third kappa shape index (κ3) is 4.43. The first-order valence-corrected chi connectivity index (χ1v) is 11.5. The Hall–Kier alpha value is -2.22. The number of hydrogen-bond acceptors (Lipinski definition) is 7. The SMILES string of the molecule is COc1ccc(-c2nc(CN3CCN(c4cc(Cl)nc(C5CC5)n4)CC3)cs2)cc1. The molecule has 0 amide bonds. The maximum absolute atomic E-state index is 6.24. The van der Waals surface area contributed by atoms with Crippen molar-refractivity contribution in [3.63, 3.8) is 0 Å². The molecule has 2 fully saturated rings. The summed E-state index contributed by atoms with van der Waals surface area (Å²) in [5, 5.41) is 3.77. The van der Waals surface area contributed by atoms with Crippen LogP contribution >= 0.6 is 22.9 Å². The third-order valence-corrected chi connectivity index (χ3v) is 6.75. The maximum Gasteiger partial charge on any atom is 0.135 e. The minimum atomic E-state index is 0.508. The van der Waals surface area contributed by atoms with E-state index in [0.717, 1.165) is 66.4 Å². The van der Waals surface area contributed by atoms with Gasteiger partial charge in [0.2, 0.25) is 0 Å². The smallest absolute Gasteiger partial charge is 0.135 e. The van der Waals surface area contributed by atoms with Crippen molar-refractivity contribution in [2.75, 3.05) is 38.2 Å². The van der Waals surface area contributed by atoms with E-state index in [1.165, 1.54) is 12.8 Å². The van der Waals surface area contributed by atoms with Gasteiger partial charge in [-0.2, -0.15) is 0 Å². The molecule has 1 aliphatic carbocycles. The zero-order chi connectivity index (χ0) is 20.5. The van der Waals surface area contributed by atoms with Gasteiger partial charge >= 0.3 is 0 Å². The van der Waals surface area contributed by atoms with Crippen molar-refractivity contribution < 1.29 is 4.74 Å². The summed E-state index contributed by atoms with van der Waals surface area (Å²) in [5.41, 5.74) is 2.25. The summed E-state index contributed by atoms with van der Waals surface area (Å²) in [6.07, 6.45) is 2.36. The molecule has 2 aromatic heterocycles. The van der Waals surface area contributed by atoms with Gasteiger partial charge in [-0.3, -0.25) is 4.90 Å². The minimum absolute atomic E-state index is 0.508. The van der Waals surface area contributed by atoms with Crippen LogP contribution in [0.4, 0.5) is 5.82 Å². The van der Waals surface area contributed by atoms with Crippen molar-refractivity contribution >= 4 is 28.8 Å². The van der Waals surface area contributed by atoms with E-state index in [1.807, 2.05) is 18.2 Å². The lowest BCUT2D eigenvalue weighted by Crippen LogP contribution is -2.46. The van der Waals surface area contributed by atoms with Gasteiger partial charge in [-0.15, -0.1) is 11.3 Å². The number of rotatable bonds is 6. The fourth-order valence-electron chi connectivity index (χ4n) is 3.72. The number of halogens is 1. The molecule has 1 aliphatic heterocycles. The molecule has 0 atom stereocenters. The molecule has 0 spiro atoms. The van der Waals surface area contributed by atoms with Gasteiger partial charge in [-0.25, -0.2) is 15.0 Å². The quantitative estimate of drug-likeness (QED) is 0.526. The molecule has 1 saturated heterocycles. The van der Waals surface area contributed by atoms with Crippen LogP contribution in [0.3, 0.4) is 0 Å². The summed E-state index contributed by atoms with van der Waals surface area (Å²) in [6, 6.07) is 9.96. The van der Waals surface area contributed by atoms with Gasteiger partial charge in [0.1, 0.15) is 27.6 Å². The summed E-state index contributed by atoms with van der Waals surface area (Å²) >= 11 is 7.94. The molecule has 5 rings (SSSR count). The van der Waals surface area contributed by atoms with Crippen molar-refractivity contribution in [1.82, 2.24) is 19.9 Å². The van der Waals surface area contributed by atoms with Crippen molar-refractivity contribution in [3.8, 4) is 16.3 Å². The van der Waals surface area contributed by atoms with Crippen LogP contribution in [0.2, 0.25) is 5.15 Å². The lowest BCUT2D eigenvalue weighted by atomic mass is 10.2. The Bertz CT molecular complexity index is 1010. The number of hydrogen-bond donors (Lipinski definition) is 0. The zero-order valence-electron chi connectivity index (χ0n) is 16.9. The molecule has 156 valence electrons. The molecule has 2 aliphatic rings. The highest BCUT2D eigenvalue weighted by molar-refractivity contribution is 7.13. The van der Waals surface area contributed by atoms with Gasteiger partial charge in [0.15, 0.2) is 0 Å². The number of benzene rings is 1. The Balaban J connectivity index is 1.19. The number of piperazine rings is 1. The van der Waals surface area contributed by atoms with E-state index in [4.69, 9.17) is 26.3 Å². The van der Waals surface area contributed by atoms with Gasteiger partial charge in [-0.1, -0.05) is 11.6 Å². The van der Waals surface area contributed by atoms with E-state index in [0.29, 0.717) is 11.1 Å². The van der Waals surface area contributed by atoms with E-state index >= 15 is 0 Å². The van der Waals surface area contributed by atoms with E-state index in [2.05, 4.69) is 32.3 Å². The Labute approximate surface area is 185 Å². The highest BCUT2D eigenvalue weighted by Gasteiger charge is 2.28. The van der Waals surface area contributed by atoms with E-state index < -0.39 is 0 Å². The fourth-order valence-corrected chi connectivity index (χ4v) is 4.72. The van der Waals surface area contributed by atoms with Crippen LogP contribution in [-0.4, -0.2) is 53.1 Å². The molecule has 1 saturated carbocycles. The van der Waals surface area contributed by atoms with Gasteiger partial charge in [0, 0.05) is 55.7 Å². The zero-order valence-corrected chi connectivity index (χ0v) is 18.5. The third-order valence-electron chi connectivity index (χ3n) is 5.61. The number of methoxy groups -OCH3 is 1. The van der Waals surface area contributed by atoms with Gasteiger partial charge < -0.3 is 9.64 Å². The van der Waals surface area contributed by atoms with Crippen molar-refractivity contribution in [1.29, 1.82) is 0 Å². The summed E-state index contributed by atoms with van der Waals surface area (Å²) in [7, 11) is 1.68. The molecular weight excluding hydrogens is 418 g/mol. The lowest BCUT2D eigenvalue weighted by Gasteiger charge is -2.35. The predicted octanol–water partition coefficient (Wildman–Crippen LogP) is 4.46. The molecular formula is C22H24ClN5OS. The Kier molecular flexibility index (Phi) is 5.58. The normalized spacial score (nSPS) is 17.3. The maximum atomic E-state index is 6.24. The molecule has 0 bridgehead atoms. The number of nitrogens with zero attached hydrogens (tertiary/aromatic N) is 5. The van der Waals surface area contributed by atoms with Crippen molar-refractivity contribution in [2.45, 2.75) is 25.3 Å². The fraction of sp³-hybridized carbons (Fsp3) is 0.409. The Morgan fingerprint density at radius 2 is 1.83 bits per heavy atom. The number of thiazole rings is 1. The second kappa shape index (κ2) is 8.49. The standard InChI is InChI=1S/C22H24ClN5OS/c1-29-18-6-4-16(5-7-18)22-24-17(14-30-22)13-27-8-10-28(11-9-27)20-12-19(23)25-21(26-20)15-2-3-15/h4-7,12,14-15H,2-3,8-11,13H2,1H3. The topological polar surface area (TPSA) is 54.4 Å². The van der Waals surface area contributed by atoms with E-state index in [9.17, 15) is 0 Å². The first kappa shape index (κ1) is 19.7. The number of anilines is 1. The predicted molar refractivity (Wildman–Crippen MR) is 121 cm³/mol. The Morgan fingerprint density at radius 1 is 1.07 bits per heavy atom. The minimum Gasteiger partial charge on any atom is -0.497 e. The summed E-state index contributed by atoms with van der Waals surface area (Å²) in [4.78, 5) is 18.8. The molecule has 3 heterocycles. The van der Waals surface area contributed by atoms with Crippen molar-refractivity contribution in [2.24, 2.45) is 0 Å². The largest absolute Gasteiger partial charge is 0.497 e. The first-order chi connectivity index (χ1) is 14.7. The molecule has 3 aromatic rings. The monoisotopic (exact) mass is 441 g/mol. The molecule has 1 aromatic carbocycles. The van der Waals surface area contributed by atoms with Crippen LogP contribution in [0.15, 0.2) is 35.7 Å². The number of ether oxygens (including phenoxy) is 1. The van der Waals surface area contributed by atoms with Crippen LogP contribution in [0, 0.1) is 0 Å². The molecule has 0 unspecified atom stereocenters. The van der Waals surface area contributed by atoms with Gasteiger partial charge in [0.25, 0.3) is 0 Å². The first-order valence-electron chi connectivity index (χ1n) is 10.3. The Morgan fingerprint density at radius 3 is 2.53 bits per heavy atom. The average Bonchev–Trinajstić information content (AvgIpc) is 3.53. The van der Waals surface area contributed by atoms with Crippen LogP contribution in [0.5, 0.6) is 5.75 Å². The second-order valence-electron chi connectivity index (χ2n) is 7.82. The summed E-state index contributed by atoms with van der Waals surface area (Å²) < 4.78 is 5.24. The number of aromatic nitrogens is 3. The van der Waals surface area contributed by atoms with Gasteiger partial charge in [0.05, 0.1) is 12.8 Å². The molecule has 8 heteroatoms. The average molecular weight is 442 g/mol. The van der Waals surface area contributed by atoms with Crippen molar-refractivity contribution in [3.05, 3.63) is 52.4 Å². The lowest BCUT2D eigenvalue weighted by molar-refractivity contribution is 0.247. The highest BCUT2D eigenvalue weighted by atomic mass is 35.5. The van der Waals surface area contributed by atoms with Gasteiger partial charge in [-0.05, 0) is 37.1 Å². The molecule has 0 radical (unpaired) electrons. The van der Waals surface area contributed by atoms with Crippen LogP contribution in [0.25, 0.3) is 10.6 Å². The van der Waals surface area contributed by atoms with Crippen LogP contribution in [-0.2, 0) is 6.54 Å². The molecule has 6 nitrogen and oxygen atoms in total. The molecule has 0 N–H and O–H groups in total. The van der Waals surface area contributed by atoms with E-state index in [1.54, 1.807) is 18.4 Å². The summed E-state index contributed by atoms with van der Waals surface area (Å²) in [5.74, 6) is 3.25.